The molecule has 2 amide bonds. The number of thiophene rings is 1. The number of hydrogen-bond donors (Lipinski definition) is 2. The van der Waals surface area contributed by atoms with Gasteiger partial charge in [-0.3, -0.25) is 20.4 Å². The molecule has 0 saturated carbocycles. The highest BCUT2D eigenvalue weighted by molar-refractivity contribution is 7.17. The number of amides is 2. The first-order valence-corrected chi connectivity index (χ1v) is 8.44. The van der Waals surface area contributed by atoms with Crippen LogP contribution in [0.4, 0.5) is 0 Å². The van der Waals surface area contributed by atoms with Crippen LogP contribution >= 0.6 is 22.9 Å². The van der Waals surface area contributed by atoms with Crippen molar-refractivity contribution in [2.24, 2.45) is 0 Å². The van der Waals surface area contributed by atoms with Gasteiger partial charge in [0.1, 0.15) is 18.1 Å². The second-order valence-corrected chi connectivity index (χ2v) is 6.59. The van der Waals surface area contributed by atoms with Crippen LogP contribution in [0.2, 0.25) is 4.34 Å². The van der Waals surface area contributed by atoms with Gasteiger partial charge in [0.2, 0.25) is 0 Å². The molecule has 0 aliphatic carbocycles. The van der Waals surface area contributed by atoms with E-state index in [1.807, 2.05) is 30.3 Å². The minimum atomic E-state index is -0.568. The van der Waals surface area contributed by atoms with Crippen molar-refractivity contribution in [1.82, 2.24) is 10.9 Å². The number of benzene rings is 1. The molecular weight excluding hydrogens is 364 g/mol. The number of hydrogen-bond acceptors (Lipinski definition) is 5. The number of hydrazine groups is 1. The normalized spacial score (nSPS) is 10.3. The van der Waals surface area contributed by atoms with E-state index < -0.39 is 11.8 Å². The zero-order valence-corrected chi connectivity index (χ0v) is 14.4. The molecule has 0 atom stereocenters. The Bertz CT molecular complexity index is 876. The third-order valence-electron chi connectivity index (χ3n) is 3.10. The number of furan rings is 1. The zero-order chi connectivity index (χ0) is 17.6. The van der Waals surface area contributed by atoms with Crippen molar-refractivity contribution >= 4 is 34.8 Å². The molecule has 0 aliphatic heterocycles. The molecule has 25 heavy (non-hydrogen) atoms. The van der Waals surface area contributed by atoms with Crippen molar-refractivity contribution in [1.29, 1.82) is 0 Å². The number of halogens is 1. The standard InChI is InChI=1S/C17H13ClN2O4S/c18-15-9-8-14(25-15)17(22)20-19-16(21)13-7-6-12(24-13)10-23-11-4-2-1-3-5-11/h1-9H,10H2,(H,19,21)(H,20,22). The molecule has 0 spiro atoms. The van der Waals surface area contributed by atoms with E-state index in [0.29, 0.717) is 20.7 Å². The summed E-state index contributed by atoms with van der Waals surface area (Å²) in [5, 5.41) is 0. The lowest BCUT2D eigenvalue weighted by Crippen LogP contribution is -2.41. The van der Waals surface area contributed by atoms with E-state index in [1.165, 1.54) is 6.07 Å². The van der Waals surface area contributed by atoms with E-state index in [1.54, 1.807) is 18.2 Å². The predicted molar refractivity (Wildman–Crippen MR) is 93.7 cm³/mol. The van der Waals surface area contributed by atoms with E-state index in [-0.39, 0.29) is 12.4 Å². The summed E-state index contributed by atoms with van der Waals surface area (Å²) in [7, 11) is 0. The van der Waals surface area contributed by atoms with Crippen molar-refractivity contribution in [2.45, 2.75) is 6.61 Å². The highest BCUT2D eigenvalue weighted by Crippen LogP contribution is 2.21. The topological polar surface area (TPSA) is 80.6 Å². The third kappa shape index (κ3) is 4.62. The Labute approximate surface area is 152 Å². The fourth-order valence-corrected chi connectivity index (χ4v) is 2.86. The van der Waals surface area contributed by atoms with Gasteiger partial charge in [0.15, 0.2) is 5.76 Å². The van der Waals surface area contributed by atoms with E-state index in [9.17, 15) is 9.59 Å². The average molecular weight is 377 g/mol. The Morgan fingerprint density at radius 1 is 1.00 bits per heavy atom. The number of ether oxygens (including phenoxy) is 1. The monoisotopic (exact) mass is 376 g/mol. The smallest absolute Gasteiger partial charge is 0.305 e. The van der Waals surface area contributed by atoms with E-state index >= 15 is 0 Å². The number of carbonyl (C=O) groups is 2. The van der Waals surface area contributed by atoms with E-state index in [0.717, 1.165) is 11.3 Å². The second kappa shape index (κ2) is 7.87. The Balaban J connectivity index is 1.51. The van der Waals surface area contributed by atoms with Crippen LogP contribution in [0.5, 0.6) is 5.75 Å². The second-order valence-electron chi connectivity index (χ2n) is 4.88. The van der Waals surface area contributed by atoms with Crippen LogP contribution in [0.25, 0.3) is 0 Å². The van der Waals surface area contributed by atoms with Crippen LogP contribution in [0.15, 0.2) is 59.0 Å². The molecule has 0 radical (unpaired) electrons. The Morgan fingerprint density at radius 2 is 1.76 bits per heavy atom. The molecule has 0 saturated heterocycles. The van der Waals surface area contributed by atoms with Crippen LogP contribution < -0.4 is 15.6 Å². The molecule has 3 rings (SSSR count). The molecular formula is C17H13ClN2O4S. The zero-order valence-electron chi connectivity index (χ0n) is 12.8. The molecule has 0 aliphatic rings. The number of rotatable bonds is 5. The molecule has 128 valence electrons. The molecule has 0 unspecified atom stereocenters. The highest BCUT2D eigenvalue weighted by atomic mass is 35.5. The summed E-state index contributed by atoms with van der Waals surface area (Å²) in [6, 6.07) is 15.6. The molecule has 2 heterocycles. The molecule has 8 heteroatoms. The van der Waals surface area contributed by atoms with E-state index in [2.05, 4.69) is 10.9 Å². The van der Waals surface area contributed by atoms with Gasteiger partial charge in [-0.1, -0.05) is 29.8 Å². The molecule has 3 aromatic rings. The van der Waals surface area contributed by atoms with Crippen molar-refractivity contribution in [3.05, 3.63) is 75.3 Å². The van der Waals surface area contributed by atoms with Crippen molar-refractivity contribution in [3.63, 3.8) is 0 Å². The van der Waals surface area contributed by atoms with Crippen LogP contribution in [-0.4, -0.2) is 11.8 Å². The minimum Gasteiger partial charge on any atom is -0.486 e. The van der Waals surface area contributed by atoms with Gasteiger partial charge in [-0.05, 0) is 36.4 Å². The number of nitrogens with one attached hydrogen (secondary N) is 2. The largest absolute Gasteiger partial charge is 0.486 e. The van der Waals surface area contributed by atoms with Gasteiger partial charge in [0, 0.05) is 0 Å². The summed E-state index contributed by atoms with van der Waals surface area (Å²) < 4.78 is 11.4. The van der Waals surface area contributed by atoms with Gasteiger partial charge in [-0.2, -0.15) is 0 Å². The summed E-state index contributed by atoms with van der Waals surface area (Å²) in [5.74, 6) is 0.236. The molecule has 6 nitrogen and oxygen atoms in total. The van der Waals surface area contributed by atoms with Gasteiger partial charge in [0.25, 0.3) is 5.91 Å². The quantitative estimate of drug-likeness (QED) is 0.666. The van der Waals surface area contributed by atoms with Crippen molar-refractivity contribution in [2.75, 3.05) is 0 Å². The Morgan fingerprint density at radius 3 is 2.48 bits per heavy atom. The minimum absolute atomic E-state index is 0.0659. The maximum Gasteiger partial charge on any atom is 0.305 e. The molecule has 0 fully saturated rings. The Kier molecular flexibility index (Phi) is 5.37. The fraction of sp³-hybridized carbons (Fsp3) is 0.0588. The lowest BCUT2D eigenvalue weighted by Gasteiger charge is -2.05. The van der Waals surface area contributed by atoms with Crippen LogP contribution in [0.3, 0.4) is 0 Å². The van der Waals surface area contributed by atoms with Crippen molar-refractivity contribution in [3.8, 4) is 5.75 Å². The Hall–Kier alpha value is -2.77. The third-order valence-corrected chi connectivity index (χ3v) is 4.33. The number of para-hydroxylation sites is 1. The van der Waals surface area contributed by atoms with Crippen LogP contribution in [-0.2, 0) is 6.61 Å². The molecule has 2 aromatic heterocycles. The highest BCUT2D eigenvalue weighted by Gasteiger charge is 2.14. The predicted octanol–water partition coefficient (Wildman–Crippen LogP) is 3.65. The maximum absolute atomic E-state index is 12.0. The first kappa shape index (κ1) is 17.1. The van der Waals surface area contributed by atoms with Gasteiger partial charge >= 0.3 is 5.91 Å². The SMILES string of the molecule is O=C(NNC(=O)c1ccc(Cl)s1)c1ccc(COc2ccccc2)o1. The van der Waals surface area contributed by atoms with Gasteiger partial charge in [0.05, 0.1) is 9.21 Å². The maximum atomic E-state index is 12.0. The summed E-state index contributed by atoms with van der Waals surface area (Å²) in [6.07, 6.45) is 0. The summed E-state index contributed by atoms with van der Waals surface area (Å²) in [5.41, 5.74) is 4.58. The lowest BCUT2D eigenvalue weighted by atomic mass is 10.3. The van der Waals surface area contributed by atoms with Gasteiger partial charge < -0.3 is 9.15 Å². The summed E-state index contributed by atoms with van der Waals surface area (Å²) in [4.78, 5) is 24.2. The fourth-order valence-electron chi connectivity index (χ4n) is 1.92. The number of carbonyl (C=O) groups excluding carboxylic acids is 2. The molecule has 1 aromatic carbocycles. The van der Waals surface area contributed by atoms with Crippen LogP contribution in [0.1, 0.15) is 26.0 Å². The summed E-state index contributed by atoms with van der Waals surface area (Å²) in [6.45, 7) is 0.192. The average Bonchev–Trinajstić information content (AvgIpc) is 3.27. The van der Waals surface area contributed by atoms with Crippen molar-refractivity contribution < 1.29 is 18.7 Å². The first-order chi connectivity index (χ1) is 12.1. The van der Waals surface area contributed by atoms with E-state index in [4.69, 9.17) is 20.8 Å². The van der Waals surface area contributed by atoms with Gasteiger partial charge in [-0.25, -0.2) is 0 Å². The van der Waals surface area contributed by atoms with Crippen LogP contribution in [0, 0.1) is 0 Å². The molecule has 2 N–H and O–H groups in total. The van der Waals surface area contributed by atoms with Gasteiger partial charge in [-0.15, -0.1) is 11.3 Å². The first-order valence-electron chi connectivity index (χ1n) is 7.24. The molecule has 0 bridgehead atoms. The summed E-state index contributed by atoms with van der Waals surface area (Å²) >= 11 is 6.88. The lowest BCUT2D eigenvalue weighted by molar-refractivity contribution is 0.0830.